The van der Waals surface area contributed by atoms with Crippen LogP contribution < -0.4 is 4.74 Å². The first-order valence-electron chi connectivity index (χ1n) is 16.2. The van der Waals surface area contributed by atoms with Gasteiger partial charge in [-0.15, -0.1) is 0 Å². The van der Waals surface area contributed by atoms with Gasteiger partial charge in [-0.2, -0.15) is 0 Å². The first-order valence-corrected chi connectivity index (χ1v) is 16.2. The number of unbranched alkanes of at least 4 members (excludes halogenated alkanes) is 1. The average molecular weight is 599 g/mol. The molecular formula is C36H54O7. The first kappa shape index (κ1) is 34.7. The maximum absolute atomic E-state index is 12.9. The highest BCUT2D eigenvalue weighted by Gasteiger charge is 2.43. The molecule has 0 radical (unpaired) electrons. The minimum atomic E-state index is -0.601. The Morgan fingerprint density at radius 3 is 2.53 bits per heavy atom. The lowest BCUT2D eigenvalue weighted by molar-refractivity contribution is -0.166. The Hall–Kier alpha value is -2.80. The molecule has 0 unspecified atom stereocenters. The number of aromatic hydroxyl groups is 1. The van der Waals surface area contributed by atoms with Crippen molar-refractivity contribution in [3.05, 3.63) is 47.6 Å². The Labute approximate surface area is 258 Å². The number of allylic oxidation sites excluding steroid dienone is 3. The molecule has 7 atom stereocenters. The van der Waals surface area contributed by atoms with Crippen molar-refractivity contribution >= 4 is 11.9 Å². The summed E-state index contributed by atoms with van der Waals surface area (Å²) >= 11 is 0. The number of methoxy groups -OCH3 is 1. The van der Waals surface area contributed by atoms with Crippen LogP contribution in [0.25, 0.3) is 0 Å². The van der Waals surface area contributed by atoms with Crippen molar-refractivity contribution in [2.24, 2.45) is 29.1 Å². The first-order chi connectivity index (χ1) is 20.4. The Bertz CT molecular complexity index is 1140. The summed E-state index contributed by atoms with van der Waals surface area (Å²) in [5, 5.41) is 19.5. The maximum Gasteiger partial charge on any atom is 0.311 e. The highest BCUT2D eigenvalue weighted by molar-refractivity contribution is 5.76. The van der Waals surface area contributed by atoms with E-state index < -0.39 is 11.5 Å². The number of cyclic esters (lactones) is 1. The van der Waals surface area contributed by atoms with E-state index in [2.05, 4.69) is 39.0 Å². The topological polar surface area (TPSA) is 102 Å². The van der Waals surface area contributed by atoms with Crippen molar-refractivity contribution in [3.8, 4) is 11.5 Å². The molecule has 1 fully saturated rings. The Morgan fingerprint density at radius 2 is 1.88 bits per heavy atom. The number of carbonyl (C=O) groups excluding carboxylic acids is 2. The number of esters is 2. The Kier molecular flexibility index (Phi) is 12.7. The van der Waals surface area contributed by atoms with Crippen LogP contribution in [0.4, 0.5) is 0 Å². The van der Waals surface area contributed by atoms with Crippen LogP contribution in [0.15, 0.2) is 42.0 Å². The zero-order valence-corrected chi connectivity index (χ0v) is 27.3. The van der Waals surface area contributed by atoms with Crippen LogP contribution in [-0.4, -0.2) is 47.6 Å². The largest absolute Gasteiger partial charge is 0.508 e. The molecule has 0 amide bonds. The van der Waals surface area contributed by atoms with Gasteiger partial charge in [0.2, 0.25) is 0 Å². The average Bonchev–Trinajstić information content (AvgIpc) is 2.95. The fraction of sp³-hybridized carbons (Fsp3) is 0.667. The number of hydrogen-bond donors (Lipinski definition) is 2. The van der Waals surface area contributed by atoms with Crippen molar-refractivity contribution < 1.29 is 34.0 Å². The summed E-state index contributed by atoms with van der Waals surface area (Å²) in [4.78, 5) is 24.6. The van der Waals surface area contributed by atoms with Crippen LogP contribution in [0.3, 0.4) is 0 Å². The van der Waals surface area contributed by atoms with Gasteiger partial charge in [0, 0.05) is 17.9 Å². The molecule has 1 aromatic rings. The highest BCUT2D eigenvalue weighted by atomic mass is 16.6. The summed E-state index contributed by atoms with van der Waals surface area (Å²) in [5.74, 6) is 1.90. The van der Waals surface area contributed by atoms with Crippen LogP contribution in [0.2, 0.25) is 0 Å². The molecule has 1 aliphatic heterocycles. The normalized spacial score (nSPS) is 28.5. The monoisotopic (exact) mass is 598 g/mol. The molecule has 2 N–H and O–H groups in total. The van der Waals surface area contributed by atoms with Gasteiger partial charge in [0.25, 0.3) is 0 Å². The lowest BCUT2D eigenvalue weighted by Crippen LogP contribution is -2.43. The molecule has 3 aliphatic rings. The van der Waals surface area contributed by atoms with E-state index >= 15 is 0 Å². The molecule has 240 valence electrons. The molecule has 0 spiro atoms. The minimum Gasteiger partial charge on any atom is -0.508 e. The standard InChI is InChI=1S/C25H38O5.C11H16O2/c1-6-25(4,5)24(28)30-21-12-15(2)11-17-8-7-16(3)20(23(17)21)10-9-19-13-18(26)14-22(27)29-19;1-3-4-6-9-10(12)7-5-8-11(9)13-2/h7-8,11,15-16,18-21,23,26H,6,9-10,12-14H2,1-5H3;5,7-8,12H,3-4,6H2,1-2H3/t15-,16-,18+,19+,20-,21-,23-;/m0./s1. The van der Waals surface area contributed by atoms with Gasteiger partial charge in [-0.25, -0.2) is 0 Å². The van der Waals surface area contributed by atoms with Crippen LogP contribution in [0.5, 0.6) is 11.5 Å². The van der Waals surface area contributed by atoms with Crippen LogP contribution in [-0.2, 0) is 25.5 Å². The van der Waals surface area contributed by atoms with E-state index in [1.165, 1.54) is 5.57 Å². The van der Waals surface area contributed by atoms with E-state index in [9.17, 15) is 19.8 Å². The van der Waals surface area contributed by atoms with E-state index in [4.69, 9.17) is 14.2 Å². The van der Waals surface area contributed by atoms with E-state index in [-0.39, 0.29) is 36.5 Å². The third-order valence-corrected chi connectivity index (χ3v) is 9.46. The molecule has 0 bridgehead atoms. The molecule has 0 aromatic heterocycles. The molecule has 43 heavy (non-hydrogen) atoms. The van der Waals surface area contributed by atoms with Gasteiger partial charge in [-0.05, 0) is 87.8 Å². The number of rotatable bonds is 10. The number of aliphatic hydroxyl groups excluding tert-OH is 1. The smallest absolute Gasteiger partial charge is 0.311 e. The summed E-state index contributed by atoms with van der Waals surface area (Å²) in [6.07, 6.45) is 12.7. The summed E-state index contributed by atoms with van der Waals surface area (Å²) in [7, 11) is 1.63. The fourth-order valence-electron chi connectivity index (χ4n) is 6.43. The number of ether oxygens (including phenoxy) is 3. The minimum absolute atomic E-state index is 0.0949. The Balaban J connectivity index is 0.000000326. The predicted octanol–water partition coefficient (Wildman–Crippen LogP) is 7.33. The molecular weight excluding hydrogens is 544 g/mol. The van der Waals surface area contributed by atoms with Gasteiger partial charge >= 0.3 is 11.9 Å². The molecule has 4 rings (SSSR count). The second kappa shape index (κ2) is 15.8. The molecule has 2 aliphatic carbocycles. The molecule has 1 heterocycles. The molecule has 0 saturated carbocycles. The van der Waals surface area contributed by atoms with Crippen LogP contribution >= 0.6 is 0 Å². The summed E-state index contributed by atoms with van der Waals surface area (Å²) in [6.45, 7) is 12.4. The van der Waals surface area contributed by atoms with Gasteiger partial charge in [-0.3, -0.25) is 9.59 Å². The number of phenolic OH excluding ortho intramolecular Hbond substituents is 1. The molecule has 7 nitrogen and oxygen atoms in total. The van der Waals surface area contributed by atoms with Crippen molar-refractivity contribution in [2.45, 2.75) is 118 Å². The SMILES string of the molecule is CCC(C)(C)C(=O)O[C@H]1C[C@@H](C)C=C2C=C[C@H](C)[C@H](CC[C@@H]3C[C@@H](O)CC(=O)O3)[C@H]21.CCCCc1c(O)cccc1OC. The van der Waals surface area contributed by atoms with E-state index in [0.29, 0.717) is 29.9 Å². The number of carbonyl (C=O) groups is 2. The maximum atomic E-state index is 12.9. The van der Waals surface area contributed by atoms with Gasteiger partial charge < -0.3 is 24.4 Å². The van der Waals surface area contributed by atoms with Crippen molar-refractivity contribution in [3.63, 3.8) is 0 Å². The third kappa shape index (κ3) is 9.34. The second-order valence-corrected chi connectivity index (χ2v) is 13.3. The number of phenols is 1. The number of aliphatic hydroxyl groups is 1. The van der Waals surface area contributed by atoms with E-state index in [0.717, 1.165) is 56.3 Å². The van der Waals surface area contributed by atoms with Crippen LogP contribution in [0, 0.1) is 29.1 Å². The van der Waals surface area contributed by atoms with E-state index in [1.807, 2.05) is 26.8 Å². The quantitative estimate of drug-likeness (QED) is 0.272. The highest BCUT2D eigenvalue weighted by Crippen LogP contribution is 2.45. The van der Waals surface area contributed by atoms with Crippen molar-refractivity contribution in [1.82, 2.24) is 0 Å². The van der Waals surface area contributed by atoms with Gasteiger partial charge in [0.1, 0.15) is 23.7 Å². The number of benzene rings is 1. The summed E-state index contributed by atoms with van der Waals surface area (Å²) in [5.41, 5.74) is 1.71. The zero-order valence-electron chi connectivity index (χ0n) is 27.3. The summed E-state index contributed by atoms with van der Waals surface area (Å²) in [6, 6.07) is 5.38. The third-order valence-electron chi connectivity index (χ3n) is 9.46. The van der Waals surface area contributed by atoms with E-state index in [1.54, 1.807) is 19.2 Å². The van der Waals surface area contributed by atoms with Crippen LogP contribution in [0.1, 0.15) is 98.5 Å². The summed E-state index contributed by atoms with van der Waals surface area (Å²) < 4.78 is 16.8. The molecule has 1 aromatic carbocycles. The van der Waals surface area contributed by atoms with Gasteiger partial charge in [0.05, 0.1) is 25.0 Å². The van der Waals surface area contributed by atoms with Crippen molar-refractivity contribution in [1.29, 1.82) is 0 Å². The lowest BCUT2D eigenvalue weighted by atomic mass is 9.65. The fourth-order valence-corrected chi connectivity index (χ4v) is 6.43. The zero-order chi connectivity index (χ0) is 31.7. The number of fused-ring (bicyclic) bond motifs is 1. The second-order valence-electron chi connectivity index (χ2n) is 13.3. The number of hydrogen-bond acceptors (Lipinski definition) is 7. The van der Waals surface area contributed by atoms with Gasteiger partial charge in [0.15, 0.2) is 0 Å². The molecule has 1 saturated heterocycles. The Morgan fingerprint density at radius 1 is 1.14 bits per heavy atom. The molecule has 7 heteroatoms. The lowest BCUT2D eigenvalue weighted by Gasteiger charge is -2.44. The van der Waals surface area contributed by atoms with Gasteiger partial charge in [-0.1, -0.05) is 58.4 Å². The van der Waals surface area contributed by atoms with Crippen molar-refractivity contribution in [2.75, 3.05) is 7.11 Å². The predicted molar refractivity (Wildman–Crippen MR) is 169 cm³/mol.